The summed E-state index contributed by atoms with van der Waals surface area (Å²) in [6.07, 6.45) is -4.53. The highest BCUT2D eigenvalue weighted by Crippen LogP contribution is 2.31. The van der Waals surface area contributed by atoms with E-state index in [9.17, 15) is 28.1 Å². The molecule has 0 aliphatic heterocycles. The molecule has 0 aromatic heterocycles. The van der Waals surface area contributed by atoms with E-state index in [2.05, 4.69) is 10.6 Å². The summed E-state index contributed by atoms with van der Waals surface area (Å²) in [7, 11) is 0. The minimum atomic E-state index is -4.53. The van der Waals surface area contributed by atoms with Crippen molar-refractivity contribution in [2.75, 3.05) is 17.2 Å². The number of nitro benzene ring substituents is 1. The van der Waals surface area contributed by atoms with Crippen molar-refractivity contribution in [1.29, 1.82) is 0 Å². The Balaban J connectivity index is 2.27. The Hall–Kier alpha value is -3.10. The molecule has 2 rings (SSSR count). The van der Waals surface area contributed by atoms with Crippen molar-refractivity contribution < 1.29 is 22.9 Å². The molecule has 9 heteroatoms. The largest absolute Gasteiger partial charge is 0.416 e. The molecule has 2 N–H and O–H groups in total. The van der Waals surface area contributed by atoms with Crippen LogP contribution in [0, 0.1) is 10.1 Å². The third-order valence-corrected chi connectivity index (χ3v) is 3.27. The van der Waals surface area contributed by atoms with Gasteiger partial charge in [-0.05, 0) is 37.3 Å². The Bertz CT molecular complexity index is 807. The lowest BCUT2D eigenvalue weighted by molar-refractivity contribution is -0.384. The van der Waals surface area contributed by atoms with E-state index in [0.29, 0.717) is 6.54 Å². The van der Waals surface area contributed by atoms with Gasteiger partial charge in [0, 0.05) is 23.9 Å². The van der Waals surface area contributed by atoms with Crippen molar-refractivity contribution in [3.05, 3.63) is 63.7 Å². The van der Waals surface area contributed by atoms with Crippen molar-refractivity contribution >= 4 is 23.0 Å². The molecule has 0 bridgehead atoms. The van der Waals surface area contributed by atoms with Crippen molar-refractivity contribution in [2.45, 2.75) is 13.1 Å². The molecule has 6 nitrogen and oxygen atoms in total. The molecule has 0 saturated heterocycles. The fourth-order valence-corrected chi connectivity index (χ4v) is 2.14. The van der Waals surface area contributed by atoms with Crippen LogP contribution >= 0.6 is 0 Å². The number of nitrogens with one attached hydrogen (secondary N) is 2. The SMILES string of the molecule is CCNc1ccc(C(=O)Nc2cccc(C(F)(F)F)c2)cc1[N+](=O)[O-]. The first-order valence-corrected chi connectivity index (χ1v) is 7.23. The standard InChI is InChI=1S/C16H14F3N3O3/c1-2-20-13-7-6-10(8-14(13)22(24)25)15(23)21-12-5-3-4-11(9-12)16(17,18)19/h3-9,20H,2H2,1H3,(H,21,23). The van der Waals surface area contributed by atoms with Crippen LogP contribution in [0.4, 0.5) is 30.2 Å². The van der Waals surface area contributed by atoms with Crippen LogP contribution < -0.4 is 10.6 Å². The Morgan fingerprint density at radius 1 is 1.20 bits per heavy atom. The number of carbonyl (C=O) groups excluding carboxylic acids is 1. The van der Waals surface area contributed by atoms with Crippen LogP contribution in [0.25, 0.3) is 0 Å². The average Bonchev–Trinajstić information content (AvgIpc) is 2.54. The molecule has 0 heterocycles. The summed E-state index contributed by atoms with van der Waals surface area (Å²) in [4.78, 5) is 22.6. The smallest absolute Gasteiger partial charge is 0.380 e. The van der Waals surface area contributed by atoms with Gasteiger partial charge in [0.1, 0.15) is 5.69 Å². The first-order chi connectivity index (χ1) is 11.7. The van der Waals surface area contributed by atoms with Crippen LogP contribution in [0.2, 0.25) is 0 Å². The number of amides is 1. The van der Waals surface area contributed by atoms with Gasteiger partial charge in [0.25, 0.3) is 11.6 Å². The maximum absolute atomic E-state index is 12.7. The van der Waals surface area contributed by atoms with Gasteiger partial charge >= 0.3 is 6.18 Å². The van der Waals surface area contributed by atoms with Gasteiger partial charge in [-0.1, -0.05) is 6.07 Å². The van der Waals surface area contributed by atoms with Gasteiger partial charge in [0.2, 0.25) is 0 Å². The zero-order valence-electron chi connectivity index (χ0n) is 13.1. The number of nitro groups is 1. The van der Waals surface area contributed by atoms with Crippen LogP contribution in [0.3, 0.4) is 0 Å². The number of benzene rings is 2. The predicted octanol–water partition coefficient (Wildman–Crippen LogP) is 4.30. The summed E-state index contributed by atoms with van der Waals surface area (Å²) in [5, 5.41) is 16.2. The minimum absolute atomic E-state index is 0.0363. The molecule has 0 radical (unpaired) electrons. The topological polar surface area (TPSA) is 84.3 Å². The monoisotopic (exact) mass is 353 g/mol. The first kappa shape index (κ1) is 18.2. The molecule has 0 aliphatic carbocycles. The van der Waals surface area contributed by atoms with E-state index < -0.39 is 22.6 Å². The van der Waals surface area contributed by atoms with Crippen molar-refractivity contribution in [1.82, 2.24) is 0 Å². The molecule has 132 valence electrons. The number of hydrogen-bond acceptors (Lipinski definition) is 4. The summed E-state index contributed by atoms with van der Waals surface area (Å²) in [5.41, 5.74) is -1.04. The Kier molecular flexibility index (Phi) is 5.26. The highest BCUT2D eigenvalue weighted by atomic mass is 19.4. The molecule has 0 atom stereocenters. The third kappa shape index (κ3) is 4.46. The first-order valence-electron chi connectivity index (χ1n) is 7.23. The zero-order chi connectivity index (χ0) is 18.6. The van der Waals surface area contributed by atoms with Crippen molar-refractivity contribution in [3.63, 3.8) is 0 Å². The number of anilines is 2. The van der Waals surface area contributed by atoms with E-state index in [1.165, 1.54) is 18.2 Å². The normalized spacial score (nSPS) is 11.0. The average molecular weight is 353 g/mol. The number of carbonyl (C=O) groups is 1. The number of alkyl halides is 3. The van der Waals surface area contributed by atoms with Crippen LogP contribution in [0.1, 0.15) is 22.8 Å². The van der Waals surface area contributed by atoms with Crippen LogP contribution in [-0.2, 0) is 6.18 Å². The Morgan fingerprint density at radius 2 is 1.92 bits per heavy atom. The fraction of sp³-hybridized carbons (Fsp3) is 0.188. The molecule has 0 saturated carbocycles. The number of rotatable bonds is 5. The molecule has 2 aromatic carbocycles. The molecule has 0 aliphatic rings. The Morgan fingerprint density at radius 3 is 2.52 bits per heavy atom. The second-order valence-electron chi connectivity index (χ2n) is 5.05. The van der Waals surface area contributed by atoms with E-state index in [0.717, 1.165) is 24.3 Å². The molecule has 0 unspecified atom stereocenters. The van der Waals surface area contributed by atoms with E-state index in [-0.39, 0.29) is 22.6 Å². The van der Waals surface area contributed by atoms with E-state index >= 15 is 0 Å². The van der Waals surface area contributed by atoms with Crippen molar-refractivity contribution in [3.8, 4) is 0 Å². The Labute approximate surface area is 140 Å². The summed E-state index contributed by atoms with van der Waals surface area (Å²) in [5.74, 6) is -0.745. The van der Waals surface area contributed by atoms with Gasteiger partial charge in [0.15, 0.2) is 0 Å². The van der Waals surface area contributed by atoms with Gasteiger partial charge in [0.05, 0.1) is 10.5 Å². The summed E-state index contributed by atoms with van der Waals surface area (Å²) in [6, 6.07) is 7.94. The van der Waals surface area contributed by atoms with Gasteiger partial charge in [-0.25, -0.2) is 0 Å². The lowest BCUT2D eigenvalue weighted by atomic mass is 10.1. The molecular weight excluding hydrogens is 339 g/mol. The maximum Gasteiger partial charge on any atom is 0.416 e. The van der Waals surface area contributed by atoms with Crippen LogP contribution in [-0.4, -0.2) is 17.4 Å². The van der Waals surface area contributed by atoms with Gasteiger partial charge in [-0.2, -0.15) is 13.2 Å². The molecule has 2 aromatic rings. The minimum Gasteiger partial charge on any atom is -0.380 e. The summed E-state index contributed by atoms with van der Waals surface area (Å²) in [6.45, 7) is 2.22. The third-order valence-electron chi connectivity index (χ3n) is 3.27. The zero-order valence-corrected chi connectivity index (χ0v) is 13.1. The van der Waals surface area contributed by atoms with Crippen LogP contribution in [0.5, 0.6) is 0 Å². The van der Waals surface area contributed by atoms with Gasteiger partial charge < -0.3 is 10.6 Å². The molecule has 0 spiro atoms. The highest BCUT2D eigenvalue weighted by molar-refractivity contribution is 6.05. The fourth-order valence-electron chi connectivity index (χ4n) is 2.14. The highest BCUT2D eigenvalue weighted by Gasteiger charge is 2.30. The molecular formula is C16H14F3N3O3. The lowest BCUT2D eigenvalue weighted by Gasteiger charge is -2.10. The second kappa shape index (κ2) is 7.20. The summed E-state index contributed by atoms with van der Waals surface area (Å²) < 4.78 is 38.1. The maximum atomic E-state index is 12.7. The van der Waals surface area contributed by atoms with Crippen LogP contribution in [0.15, 0.2) is 42.5 Å². The van der Waals surface area contributed by atoms with Gasteiger partial charge in [-0.3, -0.25) is 14.9 Å². The summed E-state index contributed by atoms with van der Waals surface area (Å²) >= 11 is 0. The quantitative estimate of drug-likeness (QED) is 0.620. The molecule has 25 heavy (non-hydrogen) atoms. The van der Waals surface area contributed by atoms with E-state index in [4.69, 9.17) is 0 Å². The van der Waals surface area contributed by atoms with E-state index in [1.807, 2.05) is 0 Å². The number of hydrogen-bond donors (Lipinski definition) is 2. The predicted molar refractivity (Wildman–Crippen MR) is 86.7 cm³/mol. The van der Waals surface area contributed by atoms with E-state index in [1.54, 1.807) is 6.92 Å². The number of nitrogens with zero attached hydrogens (tertiary/aromatic N) is 1. The second-order valence-corrected chi connectivity index (χ2v) is 5.05. The van der Waals surface area contributed by atoms with Crippen molar-refractivity contribution in [2.24, 2.45) is 0 Å². The number of halogens is 3. The van der Waals surface area contributed by atoms with Gasteiger partial charge in [-0.15, -0.1) is 0 Å². The lowest BCUT2D eigenvalue weighted by Crippen LogP contribution is -2.14. The molecule has 0 fully saturated rings. The molecule has 1 amide bonds.